The number of nitrogens with zero attached hydrogens (tertiary/aromatic N) is 5. The second kappa shape index (κ2) is 6.73. The van der Waals surface area contributed by atoms with Crippen LogP contribution in [0.25, 0.3) is 11.2 Å². The molecule has 0 spiro atoms. The number of nitrogen functional groups attached to an aromatic ring is 1. The molecule has 2 aliphatic heterocycles. The van der Waals surface area contributed by atoms with Crippen molar-refractivity contribution in [3.63, 3.8) is 0 Å². The molecule has 0 saturated carbocycles. The van der Waals surface area contributed by atoms with Crippen LogP contribution in [0.15, 0.2) is 4.79 Å². The smallest absolute Gasteiger partial charge is 0.280 e. The molecule has 2 aliphatic rings. The summed E-state index contributed by atoms with van der Waals surface area (Å²) in [5, 5.41) is 30.0. The van der Waals surface area contributed by atoms with Gasteiger partial charge in [-0.05, 0) is 7.05 Å². The Hall–Kier alpha value is -2.25. The Balaban J connectivity index is 1.86. The molecule has 0 aliphatic carbocycles. The number of aliphatic hydroxyl groups is 3. The first-order valence-electron chi connectivity index (χ1n) is 8.74. The van der Waals surface area contributed by atoms with E-state index in [4.69, 9.17) is 10.5 Å². The van der Waals surface area contributed by atoms with Crippen LogP contribution in [0.5, 0.6) is 0 Å². The van der Waals surface area contributed by atoms with E-state index in [9.17, 15) is 20.1 Å². The van der Waals surface area contributed by atoms with Gasteiger partial charge in [0, 0.05) is 26.2 Å². The molecule has 0 unspecified atom stereocenters. The molecular formula is C15H23N7O5. The highest BCUT2D eigenvalue weighted by atomic mass is 16.6. The molecule has 148 valence electrons. The zero-order valence-electron chi connectivity index (χ0n) is 14.8. The lowest BCUT2D eigenvalue weighted by Gasteiger charge is -2.34. The third-order valence-corrected chi connectivity index (χ3v) is 5.11. The van der Waals surface area contributed by atoms with Crippen LogP contribution in [0.3, 0.4) is 0 Å². The van der Waals surface area contributed by atoms with E-state index >= 15 is 0 Å². The van der Waals surface area contributed by atoms with Gasteiger partial charge in [0.15, 0.2) is 17.4 Å². The first-order chi connectivity index (χ1) is 12.9. The fraction of sp³-hybridized carbons (Fsp3) is 0.667. The number of hydrogen-bond donors (Lipinski definition) is 5. The standard InChI is InChI=1S/C15H23N7O5/c1-20-2-4-21(5-3-20)15-17-8-11(18-14(16)19-12(8)26)22(15)13-10(25)9(24)7(6-23)27-13/h7,9-10,13,23-25H,2-6H2,1H3,(H3,16,18,19,26)/t7-,9+,10-,13-/m1/s1. The Morgan fingerprint density at radius 2 is 1.93 bits per heavy atom. The summed E-state index contributed by atoms with van der Waals surface area (Å²) in [5.41, 5.74) is 5.41. The first kappa shape index (κ1) is 18.1. The van der Waals surface area contributed by atoms with Crippen LogP contribution in [0.2, 0.25) is 0 Å². The van der Waals surface area contributed by atoms with Gasteiger partial charge in [0.2, 0.25) is 11.9 Å². The number of aromatic amines is 1. The van der Waals surface area contributed by atoms with Crippen LogP contribution < -0.4 is 16.2 Å². The van der Waals surface area contributed by atoms with Crippen molar-refractivity contribution >= 4 is 23.1 Å². The summed E-state index contributed by atoms with van der Waals surface area (Å²) in [6.45, 7) is 2.45. The van der Waals surface area contributed by atoms with Crippen LogP contribution in [0.1, 0.15) is 6.23 Å². The Labute approximate surface area is 153 Å². The minimum Gasteiger partial charge on any atom is -0.394 e. The number of hydrogen-bond acceptors (Lipinski definition) is 10. The van der Waals surface area contributed by atoms with Crippen molar-refractivity contribution < 1.29 is 20.1 Å². The summed E-state index contributed by atoms with van der Waals surface area (Å²) in [5.74, 6) is 0.307. The molecule has 0 amide bonds. The molecule has 0 radical (unpaired) electrons. The summed E-state index contributed by atoms with van der Waals surface area (Å²) in [6, 6.07) is 0. The van der Waals surface area contributed by atoms with Crippen molar-refractivity contribution in [3.05, 3.63) is 10.4 Å². The lowest BCUT2D eigenvalue weighted by molar-refractivity contribution is -0.0505. The van der Waals surface area contributed by atoms with Gasteiger partial charge >= 0.3 is 0 Å². The fourth-order valence-electron chi connectivity index (χ4n) is 3.55. The number of piperazine rings is 1. The molecule has 12 heteroatoms. The number of fused-ring (bicyclic) bond motifs is 1. The van der Waals surface area contributed by atoms with Gasteiger partial charge in [-0.15, -0.1) is 0 Å². The van der Waals surface area contributed by atoms with Gasteiger partial charge in [-0.3, -0.25) is 14.3 Å². The molecule has 27 heavy (non-hydrogen) atoms. The lowest BCUT2D eigenvalue weighted by Crippen LogP contribution is -2.46. The van der Waals surface area contributed by atoms with Crippen molar-refractivity contribution in [3.8, 4) is 0 Å². The molecule has 4 rings (SSSR count). The summed E-state index contributed by atoms with van der Waals surface area (Å²) in [6.07, 6.45) is -4.63. The Morgan fingerprint density at radius 3 is 2.56 bits per heavy atom. The van der Waals surface area contributed by atoms with Gasteiger partial charge in [0.1, 0.15) is 18.3 Å². The molecule has 2 aromatic rings. The van der Waals surface area contributed by atoms with Crippen LogP contribution in [0, 0.1) is 0 Å². The third kappa shape index (κ3) is 2.95. The molecule has 0 bridgehead atoms. The van der Waals surface area contributed by atoms with E-state index in [0.29, 0.717) is 19.0 Å². The number of aromatic nitrogens is 4. The van der Waals surface area contributed by atoms with Gasteiger partial charge in [-0.2, -0.15) is 4.98 Å². The molecular weight excluding hydrogens is 358 g/mol. The van der Waals surface area contributed by atoms with Crippen LogP contribution in [-0.4, -0.2) is 97.9 Å². The second-order valence-electron chi connectivity index (χ2n) is 6.92. The average Bonchev–Trinajstić information content (AvgIpc) is 3.14. The van der Waals surface area contributed by atoms with E-state index in [2.05, 4.69) is 19.9 Å². The predicted octanol–water partition coefficient (Wildman–Crippen LogP) is -2.93. The highest BCUT2D eigenvalue weighted by molar-refractivity contribution is 5.75. The number of ether oxygens (including phenoxy) is 1. The van der Waals surface area contributed by atoms with Gasteiger partial charge in [-0.25, -0.2) is 4.98 Å². The highest BCUT2D eigenvalue weighted by Gasteiger charge is 2.45. The maximum atomic E-state index is 12.3. The average molecular weight is 381 g/mol. The van der Waals surface area contributed by atoms with Crippen molar-refractivity contribution in [2.24, 2.45) is 0 Å². The SMILES string of the molecule is CN1CCN(c2nc3c(=O)[nH]c(N)nc3n2[C@@H]2O[C@H](CO)[C@H](O)[C@H]2O)CC1. The fourth-order valence-corrected chi connectivity index (χ4v) is 3.55. The van der Waals surface area contributed by atoms with Gasteiger partial charge in [-0.1, -0.05) is 0 Å². The molecule has 4 heterocycles. The predicted molar refractivity (Wildman–Crippen MR) is 95.3 cm³/mol. The van der Waals surface area contributed by atoms with Gasteiger partial charge in [0.05, 0.1) is 6.61 Å². The zero-order valence-corrected chi connectivity index (χ0v) is 14.8. The number of aliphatic hydroxyl groups excluding tert-OH is 3. The van der Waals surface area contributed by atoms with E-state index in [-0.39, 0.29) is 17.1 Å². The number of nitrogens with one attached hydrogen (secondary N) is 1. The number of likely N-dealkylation sites (N-methyl/N-ethyl adjacent to an activating group) is 1. The van der Waals surface area contributed by atoms with Crippen LogP contribution in [-0.2, 0) is 4.74 Å². The summed E-state index contributed by atoms with van der Waals surface area (Å²) in [7, 11) is 2.01. The molecule has 4 atom stereocenters. The van der Waals surface area contributed by atoms with Gasteiger partial charge < -0.3 is 35.6 Å². The van der Waals surface area contributed by atoms with Gasteiger partial charge in [0.25, 0.3) is 5.56 Å². The molecule has 2 saturated heterocycles. The Bertz CT molecular complexity index is 891. The maximum absolute atomic E-state index is 12.3. The topological polar surface area (TPSA) is 166 Å². The maximum Gasteiger partial charge on any atom is 0.280 e. The lowest BCUT2D eigenvalue weighted by atomic mass is 10.1. The quantitative estimate of drug-likeness (QED) is 0.371. The second-order valence-corrected chi connectivity index (χ2v) is 6.92. The third-order valence-electron chi connectivity index (χ3n) is 5.11. The number of imidazole rings is 1. The first-order valence-corrected chi connectivity index (χ1v) is 8.74. The van der Waals surface area contributed by atoms with E-state index in [1.54, 1.807) is 0 Å². The zero-order chi connectivity index (χ0) is 19.3. The van der Waals surface area contributed by atoms with E-state index in [1.807, 2.05) is 11.9 Å². The number of H-pyrrole nitrogens is 1. The van der Waals surface area contributed by atoms with E-state index in [1.165, 1.54) is 4.57 Å². The van der Waals surface area contributed by atoms with Crippen molar-refractivity contribution in [2.75, 3.05) is 50.5 Å². The number of nitrogens with two attached hydrogens (primary N) is 1. The molecule has 6 N–H and O–H groups in total. The van der Waals surface area contributed by atoms with Crippen molar-refractivity contribution in [1.29, 1.82) is 0 Å². The molecule has 12 nitrogen and oxygen atoms in total. The van der Waals surface area contributed by atoms with Crippen molar-refractivity contribution in [2.45, 2.75) is 24.5 Å². The molecule has 2 fully saturated rings. The number of anilines is 2. The molecule has 2 aromatic heterocycles. The monoisotopic (exact) mass is 381 g/mol. The summed E-state index contributed by atoms with van der Waals surface area (Å²) in [4.78, 5) is 27.5. The molecule has 0 aromatic carbocycles. The summed E-state index contributed by atoms with van der Waals surface area (Å²) < 4.78 is 7.14. The number of rotatable bonds is 3. The largest absolute Gasteiger partial charge is 0.394 e. The summed E-state index contributed by atoms with van der Waals surface area (Å²) >= 11 is 0. The van der Waals surface area contributed by atoms with E-state index < -0.39 is 36.7 Å². The van der Waals surface area contributed by atoms with Crippen molar-refractivity contribution in [1.82, 2.24) is 24.4 Å². The van der Waals surface area contributed by atoms with Crippen LogP contribution >= 0.6 is 0 Å². The minimum absolute atomic E-state index is 0.0656. The minimum atomic E-state index is -1.33. The highest BCUT2D eigenvalue weighted by Crippen LogP contribution is 2.35. The van der Waals surface area contributed by atoms with E-state index in [0.717, 1.165) is 13.1 Å². The van der Waals surface area contributed by atoms with Crippen LogP contribution in [0.4, 0.5) is 11.9 Å². The normalized spacial score (nSPS) is 29.7. The Morgan fingerprint density at radius 1 is 1.22 bits per heavy atom. The Kier molecular flexibility index (Phi) is 4.52.